The zero-order valence-corrected chi connectivity index (χ0v) is 16.8. The molecule has 0 aliphatic carbocycles. The van der Waals surface area contributed by atoms with Crippen molar-refractivity contribution < 1.29 is 38.9 Å². The summed E-state index contributed by atoms with van der Waals surface area (Å²) in [6.07, 6.45) is -0.602. The Kier molecular flexibility index (Phi) is 3.21. The van der Waals surface area contributed by atoms with Crippen molar-refractivity contribution >= 4 is 29.3 Å². The van der Waals surface area contributed by atoms with Crippen LogP contribution in [0.5, 0.6) is 0 Å². The molecule has 0 bridgehead atoms. The fraction of sp³-hybridized carbons (Fsp3) is 0.524. The third kappa shape index (κ3) is 3.48. The summed E-state index contributed by atoms with van der Waals surface area (Å²) in [5.74, 6) is -8.10. The lowest BCUT2D eigenvalue weighted by molar-refractivity contribution is -0.136. The van der Waals surface area contributed by atoms with Gasteiger partial charge in [-0.05, 0) is 27.2 Å². The highest BCUT2D eigenvalue weighted by molar-refractivity contribution is 6.24. The van der Waals surface area contributed by atoms with Crippen molar-refractivity contribution in [2.24, 2.45) is 0 Å². The quantitative estimate of drug-likeness (QED) is 0.695. The van der Waals surface area contributed by atoms with Crippen LogP contribution in [0.3, 0.4) is 0 Å². The molecule has 1 atom stereocenters. The topological polar surface area (TPSA) is 90.0 Å². The summed E-state index contributed by atoms with van der Waals surface area (Å²) < 4.78 is 99.2. The lowest BCUT2D eigenvalue weighted by Crippen LogP contribution is -2.54. The summed E-state index contributed by atoms with van der Waals surface area (Å²) in [5.41, 5.74) is -5.24. The van der Waals surface area contributed by atoms with Crippen molar-refractivity contribution in [3.63, 3.8) is 0 Å². The summed E-state index contributed by atoms with van der Waals surface area (Å²) in [7, 11) is 0. The maximum absolute atomic E-state index is 16.0. The van der Waals surface area contributed by atoms with Gasteiger partial charge in [-0.2, -0.15) is 0 Å². The fourth-order valence-electron chi connectivity index (χ4n) is 3.44. The number of fused-ring (bicyclic) bond motifs is 1. The van der Waals surface area contributed by atoms with E-state index in [9.17, 15) is 19.2 Å². The molecule has 10 heteroatoms. The number of piperazine rings is 1. The second kappa shape index (κ2) is 7.37. The Morgan fingerprint density at radius 2 is 1.65 bits per heavy atom. The number of imide groups is 2. The maximum atomic E-state index is 16.0. The second-order valence-electron chi connectivity index (χ2n) is 8.18. The van der Waals surface area contributed by atoms with Gasteiger partial charge in [-0.15, -0.1) is 0 Å². The van der Waals surface area contributed by atoms with E-state index in [1.807, 2.05) is 5.32 Å². The fourth-order valence-corrected chi connectivity index (χ4v) is 3.44. The highest BCUT2D eigenvalue weighted by Crippen LogP contribution is 2.36. The number of anilines is 1. The van der Waals surface area contributed by atoms with Crippen LogP contribution in [0.2, 0.25) is 0 Å². The highest BCUT2D eigenvalue weighted by Gasteiger charge is 2.48. The zero-order chi connectivity index (χ0) is 29.8. The average Bonchev–Trinajstić information content (AvgIpc) is 3.00. The van der Waals surface area contributed by atoms with E-state index in [2.05, 4.69) is 0 Å². The number of hydrogen-bond donors (Lipinski definition) is 1. The largest absolute Gasteiger partial charge is 0.366 e. The molecule has 4 rings (SSSR count). The first kappa shape index (κ1) is 13.5. The van der Waals surface area contributed by atoms with Crippen molar-refractivity contribution in [1.82, 2.24) is 15.1 Å². The van der Waals surface area contributed by atoms with Crippen molar-refractivity contribution in [2.45, 2.75) is 45.2 Å². The van der Waals surface area contributed by atoms with Gasteiger partial charge in [0.2, 0.25) is 11.8 Å². The van der Waals surface area contributed by atoms with Crippen LogP contribution >= 0.6 is 0 Å². The van der Waals surface area contributed by atoms with E-state index < -0.39 is 89.6 Å². The number of rotatable bonds is 2. The normalized spacial score (nSPS) is 33.1. The van der Waals surface area contributed by atoms with Gasteiger partial charge in [0.25, 0.3) is 11.8 Å². The Morgan fingerprint density at radius 3 is 2.23 bits per heavy atom. The van der Waals surface area contributed by atoms with Crippen LogP contribution in [-0.4, -0.2) is 71.0 Å². The third-order valence-corrected chi connectivity index (χ3v) is 5.04. The highest BCUT2D eigenvalue weighted by atomic mass is 19.1. The SMILES string of the molecule is [2H]C1([2H])N(c2cc(F)c3c(c2F)C(=O)N(C2CCC(=O)NC2=O)C3=O)C([2H])([2H])C([2H])([2H])N(C(C)(C)C)C1([2H])[2H]. The van der Waals surface area contributed by atoms with E-state index in [1.165, 1.54) is 20.8 Å². The van der Waals surface area contributed by atoms with Crippen molar-refractivity contribution in [1.29, 1.82) is 0 Å². The molecule has 0 aromatic heterocycles. The predicted molar refractivity (Wildman–Crippen MR) is 107 cm³/mol. The van der Waals surface area contributed by atoms with Crippen LogP contribution < -0.4 is 10.2 Å². The Balaban J connectivity index is 1.92. The number of carbonyl (C=O) groups excluding carboxylic acids is 4. The Labute approximate surface area is 189 Å². The molecular formula is C21H24F2N4O4. The van der Waals surface area contributed by atoms with Gasteiger partial charge < -0.3 is 4.90 Å². The van der Waals surface area contributed by atoms with Crippen LogP contribution in [0.4, 0.5) is 14.5 Å². The zero-order valence-electron chi connectivity index (χ0n) is 24.8. The lowest BCUT2D eigenvalue weighted by Gasteiger charge is -2.43. The van der Waals surface area contributed by atoms with Crippen LogP contribution in [0.25, 0.3) is 0 Å². The van der Waals surface area contributed by atoms with Crippen molar-refractivity contribution in [2.75, 3.05) is 30.9 Å². The van der Waals surface area contributed by atoms with E-state index in [0.717, 1.165) is 0 Å². The summed E-state index contributed by atoms with van der Waals surface area (Å²) in [6, 6.07) is -1.41. The smallest absolute Gasteiger partial charge is 0.265 e. The van der Waals surface area contributed by atoms with Crippen LogP contribution in [-0.2, 0) is 9.59 Å². The summed E-state index contributed by atoms with van der Waals surface area (Å²) in [5, 5.41) is 1.92. The molecular weight excluding hydrogens is 410 g/mol. The Bertz CT molecular complexity index is 1310. The molecule has 3 aliphatic heterocycles. The van der Waals surface area contributed by atoms with E-state index in [0.29, 0.717) is 4.90 Å². The van der Waals surface area contributed by atoms with Gasteiger partial charge in [0.05, 0.1) is 22.3 Å². The first-order valence-corrected chi connectivity index (χ1v) is 9.37. The molecule has 1 N–H and O–H groups in total. The predicted octanol–water partition coefficient (Wildman–Crippen LogP) is 1.29. The Morgan fingerprint density at radius 1 is 1.03 bits per heavy atom. The Hall–Kier alpha value is -2.88. The van der Waals surface area contributed by atoms with Gasteiger partial charge in [0.15, 0.2) is 5.82 Å². The first-order valence-electron chi connectivity index (χ1n) is 13.4. The number of halogens is 2. The van der Waals surface area contributed by atoms with Crippen LogP contribution in [0.1, 0.15) is 65.3 Å². The van der Waals surface area contributed by atoms with E-state index in [1.54, 1.807) is 0 Å². The number of piperidine rings is 1. The van der Waals surface area contributed by atoms with Gasteiger partial charge in [0.1, 0.15) is 11.9 Å². The lowest BCUT2D eigenvalue weighted by atomic mass is 10.0. The third-order valence-electron chi connectivity index (χ3n) is 5.04. The number of hydrogen-bond acceptors (Lipinski definition) is 6. The minimum atomic E-state index is -3.58. The van der Waals surface area contributed by atoms with Gasteiger partial charge in [-0.25, -0.2) is 8.78 Å². The summed E-state index contributed by atoms with van der Waals surface area (Å²) >= 11 is 0. The number of amides is 4. The molecule has 0 saturated carbocycles. The molecule has 166 valence electrons. The molecule has 1 aromatic rings. The maximum Gasteiger partial charge on any atom is 0.265 e. The van der Waals surface area contributed by atoms with Crippen LogP contribution in [0, 0.1) is 11.6 Å². The summed E-state index contributed by atoms with van der Waals surface area (Å²) in [6.45, 7) is -9.94. The van der Waals surface area contributed by atoms with Gasteiger partial charge >= 0.3 is 0 Å². The van der Waals surface area contributed by atoms with Gasteiger partial charge in [-0.3, -0.25) is 34.3 Å². The van der Waals surface area contributed by atoms with Crippen molar-refractivity contribution in [3.05, 3.63) is 28.8 Å². The molecule has 1 unspecified atom stereocenters. The molecule has 2 saturated heterocycles. The van der Waals surface area contributed by atoms with E-state index >= 15 is 8.78 Å². The molecule has 0 radical (unpaired) electrons. The summed E-state index contributed by atoms with van der Waals surface area (Å²) in [4.78, 5) is 50.2. The molecule has 4 amide bonds. The molecule has 1 aromatic carbocycles. The van der Waals surface area contributed by atoms with Crippen LogP contribution in [0.15, 0.2) is 6.07 Å². The molecule has 3 heterocycles. The van der Waals surface area contributed by atoms with E-state index in [-0.39, 0.29) is 28.7 Å². The van der Waals surface area contributed by atoms with E-state index in [4.69, 9.17) is 11.0 Å². The van der Waals surface area contributed by atoms with Gasteiger partial charge in [0, 0.05) is 49.5 Å². The second-order valence-corrected chi connectivity index (χ2v) is 8.18. The molecule has 0 spiro atoms. The molecule has 2 fully saturated rings. The number of nitrogens with zero attached hydrogens (tertiary/aromatic N) is 3. The average molecular weight is 442 g/mol. The molecule has 31 heavy (non-hydrogen) atoms. The minimum Gasteiger partial charge on any atom is -0.366 e. The number of nitrogens with one attached hydrogen (secondary N) is 1. The standard InChI is InChI=1S/C21H24F2N4O4/c1-21(2,3)26-8-6-25(7-9-26)13-10-11(22)15-16(17(13)23)20(31)27(19(15)30)12-4-5-14(28)24-18(12)29/h10,12H,4-9H2,1-3H3,(H,24,28,29)/i6D2,7D2,8D2,9D2. The minimum absolute atomic E-state index is 0.182. The van der Waals surface area contributed by atoms with Gasteiger partial charge in [-0.1, -0.05) is 0 Å². The monoisotopic (exact) mass is 442 g/mol. The molecule has 3 aliphatic rings. The van der Waals surface area contributed by atoms with Crippen molar-refractivity contribution in [3.8, 4) is 0 Å². The number of carbonyl (C=O) groups is 4. The number of benzene rings is 1. The first-order chi connectivity index (χ1) is 17.5. The molecule has 8 nitrogen and oxygen atoms in total.